The van der Waals surface area contributed by atoms with Crippen molar-refractivity contribution in [2.24, 2.45) is 0 Å². The first kappa shape index (κ1) is 14.2. The van der Waals surface area contributed by atoms with Gasteiger partial charge in [-0.2, -0.15) is 0 Å². The summed E-state index contributed by atoms with van der Waals surface area (Å²) in [6, 6.07) is 0. The minimum absolute atomic E-state index is 0.0602. The summed E-state index contributed by atoms with van der Waals surface area (Å²) in [6.07, 6.45) is 1.83. The second-order valence-corrected chi connectivity index (χ2v) is 5.90. The molecule has 106 valence electrons. The van der Waals surface area contributed by atoms with E-state index >= 15 is 0 Å². The van der Waals surface area contributed by atoms with Crippen molar-refractivity contribution in [3.8, 4) is 0 Å². The second kappa shape index (κ2) is 5.43. The highest BCUT2D eigenvalue weighted by Gasteiger charge is 2.28. The zero-order chi connectivity index (χ0) is 14.0. The average molecular weight is 265 g/mol. The standard InChI is InChI=1S/C14H23N3O2/c1-10(2)13-15-7-12(11(8-18)16-13)17-5-6-19-14(3,4)9-17/h7,10,18H,5-6,8-9H2,1-4H3. The molecule has 1 N–H and O–H groups in total. The molecule has 5 heteroatoms. The van der Waals surface area contributed by atoms with Crippen LogP contribution in [-0.2, 0) is 11.3 Å². The maximum absolute atomic E-state index is 9.54. The Morgan fingerprint density at radius 1 is 1.47 bits per heavy atom. The van der Waals surface area contributed by atoms with Crippen LogP contribution in [-0.4, -0.2) is 40.4 Å². The van der Waals surface area contributed by atoms with Crippen molar-refractivity contribution >= 4 is 5.69 Å². The molecule has 0 unspecified atom stereocenters. The van der Waals surface area contributed by atoms with Gasteiger partial charge in [-0.15, -0.1) is 0 Å². The molecule has 0 saturated carbocycles. The van der Waals surface area contributed by atoms with Gasteiger partial charge in [-0.05, 0) is 13.8 Å². The summed E-state index contributed by atoms with van der Waals surface area (Å²) in [7, 11) is 0. The van der Waals surface area contributed by atoms with Crippen LogP contribution in [0.1, 0.15) is 45.1 Å². The van der Waals surface area contributed by atoms with Crippen molar-refractivity contribution in [2.45, 2.75) is 45.8 Å². The van der Waals surface area contributed by atoms with Crippen LogP contribution < -0.4 is 4.90 Å². The van der Waals surface area contributed by atoms with Crippen LogP contribution in [0.15, 0.2) is 6.20 Å². The third kappa shape index (κ3) is 3.22. The molecule has 1 aromatic rings. The molecule has 0 atom stereocenters. The van der Waals surface area contributed by atoms with Gasteiger partial charge in [-0.25, -0.2) is 9.97 Å². The van der Waals surface area contributed by atoms with E-state index in [0.717, 1.165) is 24.6 Å². The Bertz CT molecular complexity index is 446. The van der Waals surface area contributed by atoms with Crippen LogP contribution in [0.25, 0.3) is 0 Å². The van der Waals surface area contributed by atoms with Gasteiger partial charge < -0.3 is 14.7 Å². The first-order valence-electron chi connectivity index (χ1n) is 6.78. The van der Waals surface area contributed by atoms with E-state index in [9.17, 15) is 5.11 Å². The number of aliphatic hydroxyl groups is 1. The minimum Gasteiger partial charge on any atom is -0.390 e. The summed E-state index contributed by atoms with van der Waals surface area (Å²) in [4.78, 5) is 11.1. The number of ether oxygens (including phenoxy) is 1. The Morgan fingerprint density at radius 3 is 2.79 bits per heavy atom. The van der Waals surface area contributed by atoms with Crippen LogP contribution in [0.5, 0.6) is 0 Å². The lowest BCUT2D eigenvalue weighted by molar-refractivity contribution is -0.0278. The summed E-state index contributed by atoms with van der Waals surface area (Å²) in [5.74, 6) is 1.04. The fourth-order valence-electron chi connectivity index (χ4n) is 2.31. The van der Waals surface area contributed by atoms with Crippen LogP contribution >= 0.6 is 0 Å². The molecule has 0 bridgehead atoms. The molecule has 19 heavy (non-hydrogen) atoms. The summed E-state index contributed by atoms with van der Waals surface area (Å²) in [5.41, 5.74) is 1.45. The zero-order valence-corrected chi connectivity index (χ0v) is 12.2. The van der Waals surface area contributed by atoms with Gasteiger partial charge >= 0.3 is 0 Å². The maximum Gasteiger partial charge on any atom is 0.131 e. The highest BCUT2D eigenvalue weighted by Crippen LogP contribution is 2.25. The van der Waals surface area contributed by atoms with Crippen molar-refractivity contribution in [2.75, 3.05) is 24.6 Å². The number of morpholine rings is 1. The number of aliphatic hydroxyl groups excluding tert-OH is 1. The second-order valence-electron chi connectivity index (χ2n) is 5.90. The molecule has 2 heterocycles. The van der Waals surface area contributed by atoms with Crippen LogP contribution in [0.2, 0.25) is 0 Å². The van der Waals surface area contributed by atoms with E-state index in [1.165, 1.54) is 0 Å². The van der Waals surface area contributed by atoms with E-state index < -0.39 is 0 Å². The van der Waals surface area contributed by atoms with E-state index in [-0.39, 0.29) is 18.1 Å². The van der Waals surface area contributed by atoms with Gasteiger partial charge in [0.2, 0.25) is 0 Å². The highest BCUT2D eigenvalue weighted by molar-refractivity contribution is 5.49. The molecular weight excluding hydrogens is 242 g/mol. The minimum atomic E-state index is -0.179. The maximum atomic E-state index is 9.54. The Hall–Kier alpha value is -1.20. The highest BCUT2D eigenvalue weighted by atomic mass is 16.5. The molecule has 1 fully saturated rings. The molecule has 0 aliphatic carbocycles. The van der Waals surface area contributed by atoms with Crippen molar-refractivity contribution in [3.05, 3.63) is 17.7 Å². The van der Waals surface area contributed by atoms with Gasteiger partial charge in [0.15, 0.2) is 0 Å². The largest absolute Gasteiger partial charge is 0.390 e. The van der Waals surface area contributed by atoms with E-state index in [0.29, 0.717) is 12.3 Å². The number of rotatable bonds is 3. The number of hydrogen-bond acceptors (Lipinski definition) is 5. The number of nitrogens with zero attached hydrogens (tertiary/aromatic N) is 3. The molecule has 1 aromatic heterocycles. The fourth-order valence-corrected chi connectivity index (χ4v) is 2.31. The van der Waals surface area contributed by atoms with Crippen molar-refractivity contribution in [1.82, 2.24) is 9.97 Å². The summed E-state index contributed by atoms with van der Waals surface area (Å²) in [5, 5.41) is 9.54. The first-order chi connectivity index (χ1) is 8.93. The van der Waals surface area contributed by atoms with Gasteiger partial charge in [0.05, 0.1) is 36.4 Å². The Balaban J connectivity index is 2.29. The Morgan fingerprint density at radius 2 is 2.21 bits per heavy atom. The molecule has 1 saturated heterocycles. The molecule has 0 spiro atoms. The predicted octanol–water partition coefficient (Wildman–Crippen LogP) is 1.71. The monoisotopic (exact) mass is 265 g/mol. The average Bonchev–Trinajstić information content (AvgIpc) is 2.36. The lowest BCUT2D eigenvalue weighted by Gasteiger charge is -2.39. The zero-order valence-electron chi connectivity index (χ0n) is 12.2. The van der Waals surface area contributed by atoms with Crippen molar-refractivity contribution in [1.29, 1.82) is 0 Å². The molecular formula is C14H23N3O2. The lowest BCUT2D eigenvalue weighted by Crippen LogP contribution is -2.48. The van der Waals surface area contributed by atoms with Crippen LogP contribution in [0.4, 0.5) is 5.69 Å². The molecule has 0 aromatic carbocycles. The first-order valence-corrected chi connectivity index (χ1v) is 6.78. The van der Waals surface area contributed by atoms with Crippen LogP contribution in [0, 0.1) is 0 Å². The molecule has 0 radical (unpaired) electrons. The normalized spacial score (nSPS) is 18.9. The molecule has 0 amide bonds. The van der Waals surface area contributed by atoms with Crippen molar-refractivity contribution < 1.29 is 9.84 Å². The third-order valence-corrected chi connectivity index (χ3v) is 3.30. The predicted molar refractivity (Wildman–Crippen MR) is 74.3 cm³/mol. The number of anilines is 1. The van der Waals surface area contributed by atoms with Gasteiger partial charge in [0, 0.05) is 19.0 Å². The summed E-state index contributed by atoms with van der Waals surface area (Å²) >= 11 is 0. The molecule has 1 aliphatic heterocycles. The fraction of sp³-hybridized carbons (Fsp3) is 0.714. The van der Waals surface area contributed by atoms with Crippen LogP contribution in [0.3, 0.4) is 0 Å². The number of hydrogen-bond donors (Lipinski definition) is 1. The van der Waals surface area contributed by atoms with E-state index in [2.05, 4.69) is 28.7 Å². The van der Waals surface area contributed by atoms with E-state index in [4.69, 9.17) is 4.74 Å². The Kier molecular flexibility index (Phi) is 4.06. The number of aromatic nitrogens is 2. The Labute approximate surface area is 114 Å². The molecule has 5 nitrogen and oxygen atoms in total. The molecule has 2 rings (SSSR count). The van der Waals surface area contributed by atoms with E-state index in [1.54, 1.807) is 0 Å². The summed E-state index contributed by atoms with van der Waals surface area (Å²) in [6.45, 7) is 10.5. The lowest BCUT2D eigenvalue weighted by atomic mass is 10.1. The van der Waals surface area contributed by atoms with Gasteiger partial charge in [0.25, 0.3) is 0 Å². The van der Waals surface area contributed by atoms with Gasteiger partial charge in [-0.3, -0.25) is 0 Å². The van der Waals surface area contributed by atoms with Crippen molar-refractivity contribution in [3.63, 3.8) is 0 Å². The van der Waals surface area contributed by atoms with E-state index in [1.807, 2.05) is 20.0 Å². The molecule has 1 aliphatic rings. The summed E-state index contributed by atoms with van der Waals surface area (Å²) < 4.78 is 5.71. The van der Waals surface area contributed by atoms with Gasteiger partial charge in [-0.1, -0.05) is 13.8 Å². The quantitative estimate of drug-likeness (QED) is 0.901. The van der Waals surface area contributed by atoms with Gasteiger partial charge in [0.1, 0.15) is 5.82 Å². The SMILES string of the molecule is CC(C)c1ncc(N2CCOC(C)(C)C2)c(CO)n1. The topological polar surface area (TPSA) is 58.5 Å². The smallest absolute Gasteiger partial charge is 0.131 e. The third-order valence-electron chi connectivity index (χ3n) is 3.30.